The molecule has 1 aromatic rings. The summed E-state index contributed by atoms with van der Waals surface area (Å²) in [6.07, 6.45) is 6.42. The minimum Gasteiger partial charge on any atom is -0.355 e. The SMILES string of the molecule is O=C(NCCCn1ccnc1)C1CSCCN1. The fraction of sp³-hybridized carbons (Fsp3) is 0.636. The number of hydrogen-bond donors (Lipinski definition) is 2. The minimum absolute atomic E-state index is 0.0120. The molecule has 1 amide bonds. The predicted molar refractivity (Wildman–Crippen MR) is 69.0 cm³/mol. The molecule has 1 aromatic heterocycles. The van der Waals surface area contributed by atoms with Crippen molar-refractivity contribution in [1.29, 1.82) is 0 Å². The topological polar surface area (TPSA) is 59.0 Å². The van der Waals surface area contributed by atoms with Gasteiger partial charge in [-0.05, 0) is 6.42 Å². The van der Waals surface area contributed by atoms with Crippen molar-refractivity contribution in [2.75, 3.05) is 24.6 Å². The highest BCUT2D eigenvalue weighted by Gasteiger charge is 2.19. The fourth-order valence-electron chi connectivity index (χ4n) is 1.75. The quantitative estimate of drug-likeness (QED) is 0.731. The number of aryl methyl sites for hydroxylation is 1. The zero-order valence-corrected chi connectivity index (χ0v) is 10.6. The Balaban J connectivity index is 1.59. The third-order valence-corrected chi connectivity index (χ3v) is 3.75. The van der Waals surface area contributed by atoms with E-state index in [1.807, 2.05) is 22.5 Å². The molecule has 1 saturated heterocycles. The van der Waals surface area contributed by atoms with Crippen LogP contribution in [-0.4, -0.2) is 46.1 Å². The molecule has 2 N–H and O–H groups in total. The average molecular weight is 254 g/mol. The summed E-state index contributed by atoms with van der Waals surface area (Å²) in [6, 6.07) is -0.0120. The summed E-state index contributed by atoms with van der Waals surface area (Å²) in [7, 11) is 0. The van der Waals surface area contributed by atoms with Gasteiger partial charge in [0.05, 0.1) is 12.4 Å². The Bertz CT molecular complexity index is 335. The first-order valence-electron chi connectivity index (χ1n) is 5.91. The lowest BCUT2D eigenvalue weighted by Crippen LogP contribution is -2.49. The van der Waals surface area contributed by atoms with E-state index >= 15 is 0 Å². The molecular formula is C11H18N4OS. The largest absolute Gasteiger partial charge is 0.355 e. The number of thioether (sulfide) groups is 1. The number of hydrogen-bond acceptors (Lipinski definition) is 4. The second-order valence-electron chi connectivity index (χ2n) is 4.03. The maximum atomic E-state index is 11.8. The van der Waals surface area contributed by atoms with E-state index in [0.29, 0.717) is 0 Å². The molecule has 1 aliphatic heterocycles. The van der Waals surface area contributed by atoms with Crippen molar-refractivity contribution in [3.63, 3.8) is 0 Å². The lowest BCUT2D eigenvalue weighted by molar-refractivity contribution is -0.122. The van der Waals surface area contributed by atoms with E-state index in [4.69, 9.17) is 0 Å². The van der Waals surface area contributed by atoms with Gasteiger partial charge in [-0.2, -0.15) is 11.8 Å². The van der Waals surface area contributed by atoms with E-state index in [9.17, 15) is 4.79 Å². The Morgan fingerprint density at radius 2 is 2.59 bits per heavy atom. The average Bonchev–Trinajstić information content (AvgIpc) is 2.88. The van der Waals surface area contributed by atoms with Gasteiger partial charge in [0.2, 0.25) is 5.91 Å². The zero-order chi connectivity index (χ0) is 11.9. The normalized spacial score (nSPS) is 20.1. The zero-order valence-electron chi connectivity index (χ0n) is 9.76. The van der Waals surface area contributed by atoms with Gasteiger partial charge in [-0.3, -0.25) is 4.79 Å². The van der Waals surface area contributed by atoms with Crippen LogP contribution in [0.15, 0.2) is 18.7 Å². The molecule has 2 rings (SSSR count). The van der Waals surface area contributed by atoms with Crippen LogP contribution in [0, 0.1) is 0 Å². The second-order valence-corrected chi connectivity index (χ2v) is 5.18. The Morgan fingerprint density at radius 1 is 1.65 bits per heavy atom. The van der Waals surface area contributed by atoms with Crippen LogP contribution in [0.25, 0.3) is 0 Å². The van der Waals surface area contributed by atoms with Gasteiger partial charge < -0.3 is 15.2 Å². The van der Waals surface area contributed by atoms with Crippen LogP contribution in [0.3, 0.4) is 0 Å². The molecule has 2 heterocycles. The molecule has 0 spiro atoms. The number of rotatable bonds is 5. The molecule has 1 unspecified atom stereocenters. The third-order valence-electron chi connectivity index (χ3n) is 2.69. The van der Waals surface area contributed by atoms with Crippen LogP contribution in [0.4, 0.5) is 0 Å². The maximum Gasteiger partial charge on any atom is 0.237 e. The van der Waals surface area contributed by atoms with Gasteiger partial charge in [0, 0.05) is 43.5 Å². The molecule has 1 aliphatic rings. The van der Waals surface area contributed by atoms with Crippen molar-refractivity contribution >= 4 is 17.7 Å². The molecule has 6 heteroatoms. The van der Waals surface area contributed by atoms with Crippen LogP contribution in [0.5, 0.6) is 0 Å². The van der Waals surface area contributed by atoms with Crippen LogP contribution in [-0.2, 0) is 11.3 Å². The molecule has 94 valence electrons. The van der Waals surface area contributed by atoms with Gasteiger partial charge in [-0.1, -0.05) is 0 Å². The highest BCUT2D eigenvalue weighted by atomic mass is 32.2. The summed E-state index contributed by atoms with van der Waals surface area (Å²) in [5.74, 6) is 2.11. The van der Waals surface area contributed by atoms with Gasteiger partial charge in [-0.25, -0.2) is 4.98 Å². The first-order valence-corrected chi connectivity index (χ1v) is 7.06. The van der Waals surface area contributed by atoms with Crippen molar-refractivity contribution < 1.29 is 4.79 Å². The molecule has 0 bridgehead atoms. The van der Waals surface area contributed by atoms with E-state index in [1.165, 1.54) is 0 Å². The molecule has 0 aromatic carbocycles. The number of carbonyl (C=O) groups is 1. The number of carbonyl (C=O) groups excluding carboxylic acids is 1. The number of imidazole rings is 1. The lowest BCUT2D eigenvalue weighted by atomic mass is 10.3. The first kappa shape index (κ1) is 12.4. The highest BCUT2D eigenvalue weighted by molar-refractivity contribution is 7.99. The molecule has 0 radical (unpaired) electrons. The molecule has 1 atom stereocenters. The van der Waals surface area contributed by atoms with Crippen LogP contribution >= 0.6 is 11.8 Å². The Labute approximate surface area is 105 Å². The van der Waals surface area contributed by atoms with E-state index in [-0.39, 0.29) is 11.9 Å². The van der Waals surface area contributed by atoms with Gasteiger partial charge in [0.1, 0.15) is 0 Å². The van der Waals surface area contributed by atoms with Crippen molar-refractivity contribution in [3.05, 3.63) is 18.7 Å². The number of amides is 1. The predicted octanol–water partition coefficient (Wildman–Crippen LogP) is 0.0944. The summed E-state index contributed by atoms with van der Waals surface area (Å²) in [6.45, 7) is 2.55. The standard InChI is InChI=1S/C11H18N4OS/c16-11(10-8-17-7-4-13-10)14-2-1-5-15-6-3-12-9-15/h3,6,9-10,13H,1-2,4-5,7-8H2,(H,14,16). The summed E-state index contributed by atoms with van der Waals surface area (Å²) in [5, 5.41) is 6.19. The van der Waals surface area contributed by atoms with Crippen molar-refractivity contribution in [2.45, 2.75) is 19.0 Å². The number of nitrogens with one attached hydrogen (secondary N) is 2. The maximum absolute atomic E-state index is 11.8. The van der Waals surface area contributed by atoms with Gasteiger partial charge in [0.25, 0.3) is 0 Å². The summed E-state index contributed by atoms with van der Waals surface area (Å²) in [4.78, 5) is 15.7. The van der Waals surface area contributed by atoms with E-state index in [1.54, 1.807) is 12.5 Å². The third kappa shape index (κ3) is 4.05. The Kier molecular flexibility index (Phi) is 4.88. The van der Waals surface area contributed by atoms with Crippen molar-refractivity contribution in [3.8, 4) is 0 Å². The smallest absolute Gasteiger partial charge is 0.237 e. The number of aromatic nitrogens is 2. The minimum atomic E-state index is -0.0120. The Hall–Kier alpha value is -1.01. The van der Waals surface area contributed by atoms with Crippen molar-refractivity contribution in [2.24, 2.45) is 0 Å². The summed E-state index contributed by atoms with van der Waals surface area (Å²) in [5.41, 5.74) is 0. The number of nitrogens with zero attached hydrogens (tertiary/aromatic N) is 2. The van der Waals surface area contributed by atoms with E-state index in [0.717, 1.165) is 37.6 Å². The summed E-state index contributed by atoms with van der Waals surface area (Å²) < 4.78 is 2.01. The second kappa shape index (κ2) is 6.66. The van der Waals surface area contributed by atoms with Gasteiger partial charge in [-0.15, -0.1) is 0 Å². The van der Waals surface area contributed by atoms with Crippen molar-refractivity contribution in [1.82, 2.24) is 20.2 Å². The van der Waals surface area contributed by atoms with Gasteiger partial charge in [0.15, 0.2) is 0 Å². The molecule has 17 heavy (non-hydrogen) atoms. The fourth-order valence-corrected chi connectivity index (χ4v) is 2.68. The molecule has 0 aliphatic carbocycles. The van der Waals surface area contributed by atoms with Crippen LogP contribution in [0.2, 0.25) is 0 Å². The first-order chi connectivity index (χ1) is 8.36. The van der Waals surface area contributed by atoms with E-state index < -0.39 is 0 Å². The highest BCUT2D eigenvalue weighted by Crippen LogP contribution is 2.07. The molecular weight excluding hydrogens is 236 g/mol. The lowest BCUT2D eigenvalue weighted by Gasteiger charge is -2.22. The van der Waals surface area contributed by atoms with Crippen LogP contribution in [0.1, 0.15) is 6.42 Å². The van der Waals surface area contributed by atoms with Crippen LogP contribution < -0.4 is 10.6 Å². The van der Waals surface area contributed by atoms with Gasteiger partial charge >= 0.3 is 0 Å². The van der Waals surface area contributed by atoms with E-state index in [2.05, 4.69) is 15.6 Å². The molecule has 1 fully saturated rings. The summed E-state index contributed by atoms with van der Waals surface area (Å²) >= 11 is 1.83. The molecule has 5 nitrogen and oxygen atoms in total. The Morgan fingerprint density at radius 3 is 3.29 bits per heavy atom. The monoisotopic (exact) mass is 254 g/mol. The molecule has 0 saturated carbocycles.